The second-order valence-corrected chi connectivity index (χ2v) is 17.1. The Labute approximate surface area is 326 Å². The molecule has 2 atom stereocenters. The Bertz CT molecular complexity index is 2030. The molecule has 56 heavy (non-hydrogen) atoms. The van der Waals surface area contributed by atoms with Crippen molar-refractivity contribution in [1.29, 1.82) is 0 Å². The van der Waals surface area contributed by atoms with Crippen LogP contribution in [0, 0.1) is 10.8 Å². The second-order valence-electron chi connectivity index (χ2n) is 17.1. The van der Waals surface area contributed by atoms with Gasteiger partial charge in [0.1, 0.15) is 0 Å². The molecule has 0 spiro atoms. The number of carbonyl (C=O) groups excluding carboxylic acids is 4. The monoisotopic (exact) mass is 764 g/mol. The van der Waals surface area contributed by atoms with Crippen LogP contribution >= 0.6 is 0 Å². The van der Waals surface area contributed by atoms with Gasteiger partial charge in [0.2, 0.25) is 13.6 Å². The average Bonchev–Trinajstić information content (AvgIpc) is 3.79. The molecule has 0 bridgehead atoms. The highest BCUT2D eigenvalue weighted by molar-refractivity contribution is 6.05. The van der Waals surface area contributed by atoms with Crippen LogP contribution in [0.3, 0.4) is 0 Å². The minimum atomic E-state index is -0.631. The van der Waals surface area contributed by atoms with Crippen molar-refractivity contribution >= 4 is 23.5 Å². The molecule has 2 aliphatic carbocycles. The number of hydrogen-bond acceptors (Lipinski definition) is 12. The summed E-state index contributed by atoms with van der Waals surface area (Å²) in [5, 5.41) is 6.75. The Hall–Kier alpha value is -5.52. The van der Waals surface area contributed by atoms with Gasteiger partial charge in [-0.15, -0.1) is 0 Å². The van der Waals surface area contributed by atoms with Gasteiger partial charge in [-0.1, -0.05) is 39.8 Å². The van der Waals surface area contributed by atoms with Crippen LogP contribution in [0.4, 0.5) is 0 Å². The van der Waals surface area contributed by atoms with E-state index < -0.39 is 23.8 Å². The molecule has 12 heteroatoms. The van der Waals surface area contributed by atoms with Gasteiger partial charge < -0.3 is 39.1 Å². The molecular formula is C44H48N2O10. The quantitative estimate of drug-likeness (QED) is 0.202. The third-order valence-electron chi connectivity index (χ3n) is 11.4. The molecule has 4 aliphatic heterocycles. The number of allylic oxidation sites excluding steroid dienone is 6. The van der Waals surface area contributed by atoms with Crippen LogP contribution in [0.5, 0.6) is 23.0 Å². The third kappa shape index (κ3) is 6.94. The molecule has 0 amide bonds. The standard InChI is InChI=1S/C44H48N2O10/c1-23-35(37(25-9-11-31-33(15-25)55-21-53-31)39-27(45-23)17-43(3,4)19-29(39)47)41(49)51-13-7-8-14-52-42(50)36-24(2)46-28-18-44(5,6)20-30(48)40(28)38(36)26-10-12-32-34(16-26)56-22-54-32/h9-12,15-16,37-38,45-46H,7-8,13-14,17-22H2,1-6H3/t37-,38-/m0/s1. The maximum atomic E-state index is 13.9. The largest absolute Gasteiger partial charge is 0.462 e. The van der Waals surface area contributed by atoms with Gasteiger partial charge >= 0.3 is 11.9 Å². The van der Waals surface area contributed by atoms with Gasteiger partial charge in [-0.25, -0.2) is 9.59 Å². The predicted molar refractivity (Wildman–Crippen MR) is 204 cm³/mol. The molecule has 8 rings (SSSR count). The molecule has 6 aliphatic rings. The number of hydrogen-bond donors (Lipinski definition) is 2. The fraction of sp³-hybridized carbons (Fsp3) is 0.455. The van der Waals surface area contributed by atoms with Gasteiger partial charge in [0.05, 0.1) is 24.4 Å². The minimum Gasteiger partial charge on any atom is -0.462 e. The molecule has 0 unspecified atom stereocenters. The Morgan fingerprint density at radius 1 is 0.625 bits per heavy atom. The summed E-state index contributed by atoms with van der Waals surface area (Å²) < 4.78 is 34.0. The molecule has 12 nitrogen and oxygen atoms in total. The van der Waals surface area contributed by atoms with Crippen molar-refractivity contribution in [2.24, 2.45) is 10.8 Å². The van der Waals surface area contributed by atoms with Gasteiger partial charge in [-0.05, 0) is 85.8 Å². The van der Waals surface area contributed by atoms with E-state index in [0.29, 0.717) is 95.2 Å². The smallest absolute Gasteiger partial charge is 0.336 e. The molecule has 0 fully saturated rings. The number of rotatable bonds is 9. The van der Waals surface area contributed by atoms with Crippen LogP contribution in [-0.2, 0) is 28.7 Å². The first-order valence-electron chi connectivity index (χ1n) is 19.3. The molecule has 0 aromatic heterocycles. The summed E-state index contributed by atoms with van der Waals surface area (Å²) in [6, 6.07) is 11.0. The van der Waals surface area contributed by atoms with E-state index in [1.807, 2.05) is 38.1 Å². The number of fused-ring (bicyclic) bond motifs is 2. The summed E-state index contributed by atoms with van der Waals surface area (Å²) in [6.45, 7) is 12.3. The van der Waals surface area contributed by atoms with Crippen LogP contribution in [0.1, 0.15) is 103 Å². The summed E-state index contributed by atoms with van der Waals surface area (Å²) in [6.07, 6.45) is 2.94. The minimum absolute atomic E-state index is 0.00507. The van der Waals surface area contributed by atoms with E-state index in [0.717, 1.165) is 22.5 Å². The van der Waals surface area contributed by atoms with Gasteiger partial charge in [0, 0.05) is 58.6 Å². The van der Waals surface area contributed by atoms with E-state index in [1.165, 1.54) is 0 Å². The zero-order valence-corrected chi connectivity index (χ0v) is 32.8. The maximum Gasteiger partial charge on any atom is 0.336 e. The van der Waals surface area contributed by atoms with E-state index >= 15 is 0 Å². The van der Waals surface area contributed by atoms with E-state index in [2.05, 4.69) is 38.3 Å². The van der Waals surface area contributed by atoms with Crippen molar-refractivity contribution in [1.82, 2.24) is 10.6 Å². The van der Waals surface area contributed by atoms with Gasteiger partial charge in [0.25, 0.3) is 0 Å². The molecule has 4 heterocycles. The van der Waals surface area contributed by atoms with Gasteiger partial charge in [-0.3, -0.25) is 9.59 Å². The zero-order valence-electron chi connectivity index (χ0n) is 32.8. The average molecular weight is 765 g/mol. The Morgan fingerprint density at radius 2 is 1.02 bits per heavy atom. The lowest BCUT2D eigenvalue weighted by atomic mass is 9.68. The van der Waals surface area contributed by atoms with E-state index in [4.69, 9.17) is 28.4 Å². The molecule has 2 aromatic carbocycles. The van der Waals surface area contributed by atoms with Crippen molar-refractivity contribution in [3.63, 3.8) is 0 Å². The van der Waals surface area contributed by atoms with Crippen LogP contribution < -0.4 is 29.6 Å². The van der Waals surface area contributed by atoms with E-state index in [-0.39, 0.29) is 49.2 Å². The SMILES string of the molecule is CC1=C(C(=O)OCCCCOC(=O)C2=C(C)NC3=C(C(=O)CC(C)(C)C3)[C@H]2c2ccc3c(c2)OCO3)[C@H](c2ccc3c(c2)OCO3)C2=C(CC(C)(C)CC2=O)N1. The van der Waals surface area contributed by atoms with Crippen LogP contribution in [-0.4, -0.2) is 50.3 Å². The number of ether oxygens (including phenoxy) is 6. The van der Waals surface area contributed by atoms with Crippen molar-refractivity contribution in [2.75, 3.05) is 26.8 Å². The molecular weight excluding hydrogens is 716 g/mol. The number of ketones is 2. The lowest BCUT2D eigenvalue weighted by Gasteiger charge is -2.39. The third-order valence-corrected chi connectivity index (χ3v) is 11.4. The van der Waals surface area contributed by atoms with Crippen LogP contribution in [0.15, 0.2) is 81.5 Å². The van der Waals surface area contributed by atoms with E-state index in [9.17, 15) is 19.2 Å². The highest BCUT2D eigenvalue weighted by atomic mass is 16.7. The zero-order chi connectivity index (χ0) is 39.5. The molecule has 294 valence electrons. The van der Waals surface area contributed by atoms with Gasteiger partial charge in [0.15, 0.2) is 34.6 Å². The fourth-order valence-electron chi connectivity index (χ4n) is 8.95. The molecule has 0 saturated heterocycles. The van der Waals surface area contributed by atoms with Gasteiger partial charge in [-0.2, -0.15) is 0 Å². The van der Waals surface area contributed by atoms with Crippen LogP contribution in [0.25, 0.3) is 0 Å². The second kappa shape index (κ2) is 14.2. The van der Waals surface area contributed by atoms with Crippen molar-refractivity contribution in [3.05, 3.63) is 92.6 Å². The number of dihydropyridines is 2. The first-order chi connectivity index (χ1) is 26.7. The molecule has 2 N–H and O–H groups in total. The van der Waals surface area contributed by atoms with Crippen molar-refractivity contribution in [2.45, 2.75) is 91.9 Å². The number of carbonyl (C=O) groups is 4. The van der Waals surface area contributed by atoms with Crippen molar-refractivity contribution in [3.8, 4) is 23.0 Å². The topological polar surface area (TPSA) is 148 Å². The lowest BCUT2D eigenvalue weighted by molar-refractivity contribution is -0.142. The highest BCUT2D eigenvalue weighted by Crippen LogP contribution is 2.50. The van der Waals surface area contributed by atoms with Crippen LogP contribution in [0.2, 0.25) is 0 Å². The summed E-state index contributed by atoms with van der Waals surface area (Å²) in [4.78, 5) is 55.2. The predicted octanol–water partition coefficient (Wildman–Crippen LogP) is 6.92. The normalized spacial score (nSPS) is 23.0. The molecule has 0 radical (unpaired) electrons. The maximum absolute atomic E-state index is 13.9. The number of benzene rings is 2. The highest BCUT2D eigenvalue weighted by Gasteiger charge is 2.45. The number of esters is 2. The number of Topliss-reactive ketones (excluding diaryl/α,β-unsaturated/α-hetero) is 2. The summed E-state index contributed by atoms with van der Waals surface area (Å²) in [5.41, 5.74) is 5.89. The Kier molecular flexibility index (Phi) is 9.49. The first kappa shape index (κ1) is 37.4. The Balaban J connectivity index is 0.940. The number of unbranched alkanes of at least 4 members (excludes halogenated alkanes) is 1. The van der Waals surface area contributed by atoms with E-state index in [1.54, 1.807) is 12.1 Å². The molecule has 0 saturated carbocycles. The van der Waals surface area contributed by atoms with Crippen molar-refractivity contribution < 1.29 is 47.6 Å². The first-order valence-corrected chi connectivity index (χ1v) is 19.3. The Morgan fingerprint density at radius 3 is 1.43 bits per heavy atom. The fourth-order valence-corrected chi connectivity index (χ4v) is 8.95. The summed E-state index contributed by atoms with van der Waals surface area (Å²) >= 11 is 0. The lowest BCUT2D eigenvalue weighted by Crippen LogP contribution is -2.38. The number of nitrogens with one attached hydrogen (secondary N) is 2. The summed E-state index contributed by atoms with van der Waals surface area (Å²) in [7, 11) is 0. The summed E-state index contributed by atoms with van der Waals surface area (Å²) in [5.74, 6) is 0.0354. The molecule has 2 aromatic rings.